The van der Waals surface area contributed by atoms with E-state index >= 15 is 0 Å². The summed E-state index contributed by atoms with van der Waals surface area (Å²) in [5.41, 5.74) is 14.6. The summed E-state index contributed by atoms with van der Waals surface area (Å²) in [6.45, 7) is 0. The maximum absolute atomic E-state index is 12.7. The fourth-order valence-electron chi connectivity index (χ4n) is 3.45. The molecule has 0 saturated heterocycles. The van der Waals surface area contributed by atoms with Gasteiger partial charge in [-0.3, -0.25) is 9.59 Å². The number of rotatable bonds is 6. The summed E-state index contributed by atoms with van der Waals surface area (Å²) in [5, 5.41) is 10.5. The molecule has 0 fully saturated rings. The molecule has 0 spiro atoms. The van der Waals surface area contributed by atoms with Crippen LogP contribution < -0.4 is 32.7 Å². The molecule has 38 heavy (non-hydrogen) atoms. The Balaban J connectivity index is 1.50. The lowest BCUT2D eigenvalue weighted by atomic mass is 10.1. The summed E-state index contributed by atoms with van der Waals surface area (Å²) in [7, 11) is 2.94. The van der Waals surface area contributed by atoms with Gasteiger partial charge < -0.3 is 32.7 Å². The first-order valence-electron chi connectivity index (χ1n) is 11.3. The Bertz CT molecular complexity index is 1430. The first-order valence-corrected chi connectivity index (χ1v) is 11.3. The monoisotopic (exact) mass is 512 g/mol. The highest BCUT2D eigenvalue weighted by atomic mass is 16.2. The van der Waals surface area contributed by atoms with Crippen LogP contribution in [0.15, 0.2) is 60.9 Å². The van der Waals surface area contributed by atoms with Crippen LogP contribution in [0.5, 0.6) is 0 Å². The Morgan fingerprint density at radius 1 is 0.684 bits per heavy atom. The first-order chi connectivity index (χ1) is 18.3. The number of nitrogen functional groups attached to an aromatic ring is 2. The van der Waals surface area contributed by atoms with Crippen LogP contribution in [0, 0.1) is 0 Å². The average Bonchev–Trinajstić information content (AvgIpc) is 2.93. The third kappa shape index (κ3) is 5.62. The normalized spacial score (nSPS) is 10.4. The highest BCUT2D eigenvalue weighted by Gasteiger charge is 2.15. The quantitative estimate of drug-likeness (QED) is 0.224. The Labute approximate surface area is 217 Å². The van der Waals surface area contributed by atoms with E-state index < -0.39 is 17.8 Å². The van der Waals surface area contributed by atoms with Crippen molar-refractivity contribution in [1.82, 2.24) is 30.6 Å². The van der Waals surface area contributed by atoms with E-state index in [4.69, 9.17) is 11.5 Å². The number of urea groups is 1. The number of hydrogen-bond donors (Lipinski definition) is 6. The summed E-state index contributed by atoms with van der Waals surface area (Å²) in [6, 6.07) is 13.3. The SMILES string of the molecule is CNC(=O)c1nc(-c2cccc(NC(=O)Nc3cccc(-c4cnc(N)c(C(=O)NC)n4)c3)c2)cnc1N. The lowest BCUT2D eigenvalue weighted by Gasteiger charge is -2.11. The van der Waals surface area contributed by atoms with Crippen molar-refractivity contribution >= 4 is 40.9 Å². The van der Waals surface area contributed by atoms with Crippen molar-refractivity contribution in [1.29, 1.82) is 0 Å². The first kappa shape index (κ1) is 25.5. The maximum Gasteiger partial charge on any atom is 0.323 e. The fraction of sp³-hybridized carbons (Fsp3) is 0.0800. The number of benzene rings is 2. The van der Waals surface area contributed by atoms with Gasteiger partial charge in [-0.1, -0.05) is 24.3 Å². The molecule has 0 unspecified atom stereocenters. The standard InChI is InChI=1S/C25H24N10O3/c1-28-23(36)19-21(26)30-11-17(34-19)13-5-3-7-15(9-13)32-25(38)33-16-8-4-6-14(10-16)18-12-31-22(27)20(35-18)24(37)29-2/h3-12H,1-2H3,(H2,26,30)(H2,27,31)(H,28,36)(H,29,37)(H2,32,33,38). The number of carbonyl (C=O) groups excluding carboxylic acids is 3. The second kappa shape index (κ2) is 11.0. The number of nitrogens with two attached hydrogens (primary N) is 2. The van der Waals surface area contributed by atoms with Gasteiger partial charge in [0, 0.05) is 36.6 Å². The molecule has 0 atom stereocenters. The van der Waals surface area contributed by atoms with E-state index in [1.165, 1.54) is 26.5 Å². The van der Waals surface area contributed by atoms with Crippen LogP contribution in [0.3, 0.4) is 0 Å². The predicted octanol–water partition coefficient (Wildman–Crippen LogP) is 2.13. The van der Waals surface area contributed by atoms with E-state index in [0.29, 0.717) is 33.9 Å². The smallest absolute Gasteiger partial charge is 0.323 e. The third-order valence-corrected chi connectivity index (χ3v) is 5.32. The zero-order chi connectivity index (χ0) is 27.2. The Morgan fingerprint density at radius 3 is 1.50 bits per heavy atom. The third-order valence-electron chi connectivity index (χ3n) is 5.32. The van der Waals surface area contributed by atoms with Crippen molar-refractivity contribution in [3.63, 3.8) is 0 Å². The molecule has 13 heteroatoms. The van der Waals surface area contributed by atoms with Gasteiger partial charge in [0.25, 0.3) is 11.8 Å². The lowest BCUT2D eigenvalue weighted by Crippen LogP contribution is -2.22. The molecule has 0 bridgehead atoms. The van der Waals surface area contributed by atoms with Gasteiger partial charge in [-0.15, -0.1) is 0 Å². The Kier molecular flexibility index (Phi) is 7.38. The Hall–Kier alpha value is -5.59. The van der Waals surface area contributed by atoms with Gasteiger partial charge >= 0.3 is 6.03 Å². The zero-order valence-corrected chi connectivity index (χ0v) is 20.4. The largest absolute Gasteiger partial charge is 0.382 e. The molecule has 192 valence electrons. The minimum Gasteiger partial charge on any atom is -0.382 e. The molecule has 2 heterocycles. The van der Waals surface area contributed by atoms with E-state index in [1.54, 1.807) is 48.5 Å². The topological polar surface area (TPSA) is 203 Å². The number of amides is 4. The van der Waals surface area contributed by atoms with Crippen LogP contribution in [0.25, 0.3) is 22.5 Å². The molecular formula is C25H24N10O3. The molecule has 8 N–H and O–H groups in total. The number of carbonyl (C=O) groups is 3. The van der Waals surface area contributed by atoms with Crippen molar-refractivity contribution in [3.8, 4) is 22.5 Å². The Morgan fingerprint density at radius 2 is 1.11 bits per heavy atom. The number of anilines is 4. The predicted molar refractivity (Wildman–Crippen MR) is 143 cm³/mol. The number of nitrogens with one attached hydrogen (secondary N) is 4. The number of nitrogens with zero attached hydrogens (tertiary/aromatic N) is 4. The second-order valence-corrected chi connectivity index (χ2v) is 7.88. The zero-order valence-electron chi connectivity index (χ0n) is 20.4. The van der Waals surface area contributed by atoms with Crippen molar-refractivity contribution in [2.75, 3.05) is 36.2 Å². The van der Waals surface area contributed by atoms with Gasteiger partial charge in [-0.05, 0) is 24.3 Å². The molecule has 2 aromatic heterocycles. The molecule has 0 aliphatic rings. The van der Waals surface area contributed by atoms with Crippen LogP contribution in [-0.4, -0.2) is 51.9 Å². The van der Waals surface area contributed by atoms with Gasteiger partial charge in [0.05, 0.1) is 23.8 Å². The van der Waals surface area contributed by atoms with Gasteiger partial charge in [0.1, 0.15) is 0 Å². The number of aromatic nitrogens is 4. The molecule has 0 radical (unpaired) electrons. The van der Waals surface area contributed by atoms with E-state index in [-0.39, 0.29) is 23.0 Å². The molecule has 2 aromatic carbocycles. The molecule has 0 aliphatic carbocycles. The summed E-state index contributed by atoms with van der Waals surface area (Å²) in [5.74, 6) is -0.886. The number of hydrogen-bond acceptors (Lipinski definition) is 9. The average molecular weight is 513 g/mol. The highest BCUT2D eigenvalue weighted by Crippen LogP contribution is 2.24. The second-order valence-electron chi connectivity index (χ2n) is 7.88. The van der Waals surface area contributed by atoms with Crippen molar-refractivity contribution in [2.45, 2.75) is 0 Å². The molecule has 0 aliphatic heterocycles. The van der Waals surface area contributed by atoms with Crippen LogP contribution in [0.2, 0.25) is 0 Å². The highest BCUT2D eigenvalue weighted by molar-refractivity contribution is 6.01. The van der Waals surface area contributed by atoms with Gasteiger partial charge in [0.2, 0.25) is 0 Å². The van der Waals surface area contributed by atoms with Crippen LogP contribution in [-0.2, 0) is 0 Å². The maximum atomic E-state index is 12.7. The summed E-state index contributed by atoms with van der Waals surface area (Å²) >= 11 is 0. The van der Waals surface area contributed by atoms with Crippen LogP contribution >= 0.6 is 0 Å². The van der Waals surface area contributed by atoms with Crippen molar-refractivity contribution in [3.05, 3.63) is 72.3 Å². The molecule has 4 aromatic rings. The molecule has 13 nitrogen and oxygen atoms in total. The molecule has 4 rings (SSSR count). The van der Waals surface area contributed by atoms with Crippen LogP contribution in [0.1, 0.15) is 21.0 Å². The minimum absolute atomic E-state index is 0.00854. The fourth-order valence-corrected chi connectivity index (χ4v) is 3.45. The summed E-state index contributed by atoms with van der Waals surface area (Å²) < 4.78 is 0. The van der Waals surface area contributed by atoms with Gasteiger partial charge in [-0.2, -0.15) is 0 Å². The van der Waals surface area contributed by atoms with Gasteiger partial charge in [-0.25, -0.2) is 24.7 Å². The van der Waals surface area contributed by atoms with Gasteiger partial charge in [0.15, 0.2) is 23.0 Å². The van der Waals surface area contributed by atoms with E-state index in [2.05, 4.69) is 41.2 Å². The summed E-state index contributed by atoms with van der Waals surface area (Å²) in [6.07, 6.45) is 2.89. The molecular weight excluding hydrogens is 488 g/mol. The molecule has 0 saturated carbocycles. The van der Waals surface area contributed by atoms with E-state index in [0.717, 1.165) is 0 Å². The summed E-state index contributed by atoms with van der Waals surface area (Å²) in [4.78, 5) is 53.4. The van der Waals surface area contributed by atoms with E-state index in [9.17, 15) is 14.4 Å². The lowest BCUT2D eigenvalue weighted by molar-refractivity contribution is 0.0951. The minimum atomic E-state index is -0.497. The van der Waals surface area contributed by atoms with E-state index in [1.807, 2.05) is 0 Å². The van der Waals surface area contributed by atoms with Crippen LogP contribution in [0.4, 0.5) is 27.8 Å². The van der Waals surface area contributed by atoms with Crippen molar-refractivity contribution in [2.24, 2.45) is 0 Å². The van der Waals surface area contributed by atoms with Crippen molar-refractivity contribution < 1.29 is 14.4 Å². The molecule has 4 amide bonds.